The number of hydrogen-bond acceptors (Lipinski definition) is 3. The van der Waals surface area contributed by atoms with Gasteiger partial charge in [-0.15, -0.1) is 0 Å². The van der Waals surface area contributed by atoms with Crippen molar-refractivity contribution in [2.45, 2.75) is 19.4 Å². The molecule has 1 aliphatic rings. The fraction of sp³-hybridized carbons (Fsp3) is 0.389. The van der Waals surface area contributed by atoms with Crippen LogP contribution in [-0.2, 0) is 11.8 Å². The molecule has 1 aromatic carbocycles. The minimum atomic E-state index is -0.905. The molecule has 0 radical (unpaired) electrons. The van der Waals surface area contributed by atoms with Gasteiger partial charge in [0, 0.05) is 31.4 Å². The zero-order chi connectivity index (χ0) is 18.9. The number of carbonyl (C=O) groups excluding carboxylic acids is 1. The molecule has 138 valence electrons. The first kappa shape index (κ1) is 18.3. The monoisotopic (exact) mass is 376 g/mol. The van der Waals surface area contributed by atoms with Crippen LogP contribution < -0.4 is 5.32 Å². The third-order valence-corrected chi connectivity index (χ3v) is 5.03. The number of aryl methyl sites for hydroxylation is 1. The molecule has 2 amide bonds. The molecule has 1 fully saturated rings. The summed E-state index contributed by atoms with van der Waals surface area (Å²) >= 11 is 5.97. The van der Waals surface area contributed by atoms with E-state index in [1.165, 1.54) is 0 Å². The highest BCUT2D eigenvalue weighted by Crippen LogP contribution is 2.31. The van der Waals surface area contributed by atoms with E-state index in [2.05, 4.69) is 10.4 Å². The van der Waals surface area contributed by atoms with E-state index in [0.29, 0.717) is 23.7 Å². The Hall–Kier alpha value is -2.54. The van der Waals surface area contributed by atoms with E-state index in [-0.39, 0.29) is 12.6 Å². The number of aliphatic carboxylic acids is 1. The van der Waals surface area contributed by atoms with Crippen molar-refractivity contribution in [2.75, 3.05) is 13.1 Å². The van der Waals surface area contributed by atoms with Gasteiger partial charge in [-0.2, -0.15) is 5.10 Å². The number of carboxylic acids is 1. The van der Waals surface area contributed by atoms with Crippen LogP contribution in [-0.4, -0.2) is 44.9 Å². The predicted octanol–water partition coefficient (Wildman–Crippen LogP) is 2.67. The molecular formula is C18H21ClN4O3. The summed E-state index contributed by atoms with van der Waals surface area (Å²) in [7, 11) is 1.81. The van der Waals surface area contributed by atoms with Gasteiger partial charge in [0.15, 0.2) is 0 Å². The van der Waals surface area contributed by atoms with Gasteiger partial charge in [0.05, 0.1) is 11.1 Å². The third-order valence-electron chi connectivity index (χ3n) is 4.78. The minimum absolute atomic E-state index is 0.184. The fourth-order valence-corrected chi connectivity index (χ4v) is 3.22. The molecule has 1 aliphatic heterocycles. The molecule has 7 nitrogen and oxygen atoms in total. The number of carbonyl (C=O) groups is 2. The number of benzene rings is 1. The number of halogens is 1. The van der Waals surface area contributed by atoms with Gasteiger partial charge in [-0.1, -0.05) is 23.7 Å². The number of rotatable bonds is 4. The van der Waals surface area contributed by atoms with Crippen LogP contribution in [0.1, 0.15) is 30.6 Å². The summed E-state index contributed by atoms with van der Waals surface area (Å²) in [6.07, 6.45) is 2.24. The lowest BCUT2D eigenvalue weighted by molar-refractivity contribution is -0.147. The molecule has 26 heavy (non-hydrogen) atoms. The number of aromatic nitrogens is 2. The Balaban J connectivity index is 1.81. The normalized spacial score (nSPS) is 20.8. The van der Waals surface area contributed by atoms with Crippen molar-refractivity contribution in [3.63, 3.8) is 0 Å². The summed E-state index contributed by atoms with van der Waals surface area (Å²) in [6.45, 7) is 2.26. The molecule has 1 saturated heterocycles. The van der Waals surface area contributed by atoms with Gasteiger partial charge in [0.1, 0.15) is 6.04 Å². The molecule has 0 spiro atoms. The van der Waals surface area contributed by atoms with Crippen molar-refractivity contribution in [2.24, 2.45) is 12.5 Å². The first-order chi connectivity index (χ1) is 12.3. The Morgan fingerprint density at radius 2 is 2.00 bits per heavy atom. The lowest BCUT2D eigenvalue weighted by Gasteiger charge is -2.24. The van der Waals surface area contributed by atoms with Gasteiger partial charge in [-0.3, -0.25) is 9.48 Å². The number of nitrogens with one attached hydrogen (secondary N) is 1. The van der Waals surface area contributed by atoms with E-state index >= 15 is 0 Å². The summed E-state index contributed by atoms with van der Waals surface area (Å²) in [6, 6.07) is 8.29. The molecule has 0 aliphatic carbocycles. The summed E-state index contributed by atoms with van der Waals surface area (Å²) in [4.78, 5) is 25.7. The lowest BCUT2D eigenvalue weighted by atomic mass is 9.90. The summed E-state index contributed by atoms with van der Waals surface area (Å²) in [5.74, 6) is -0.883. The summed E-state index contributed by atoms with van der Waals surface area (Å²) in [5, 5.41) is 17.3. The first-order valence-corrected chi connectivity index (χ1v) is 8.70. The predicted molar refractivity (Wildman–Crippen MR) is 97.0 cm³/mol. The Morgan fingerprint density at radius 3 is 2.54 bits per heavy atom. The molecule has 3 rings (SSSR count). The van der Waals surface area contributed by atoms with Crippen molar-refractivity contribution in [1.29, 1.82) is 0 Å². The maximum absolute atomic E-state index is 12.7. The molecule has 2 N–H and O–H groups in total. The largest absolute Gasteiger partial charge is 0.481 e. The second-order valence-electron chi connectivity index (χ2n) is 6.89. The van der Waals surface area contributed by atoms with Gasteiger partial charge in [-0.05, 0) is 37.1 Å². The van der Waals surface area contributed by atoms with E-state index < -0.39 is 17.4 Å². The Labute approximate surface area is 156 Å². The zero-order valence-electron chi connectivity index (χ0n) is 14.6. The third kappa shape index (κ3) is 3.67. The van der Waals surface area contributed by atoms with E-state index in [0.717, 1.165) is 5.56 Å². The van der Waals surface area contributed by atoms with Crippen LogP contribution in [0.25, 0.3) is 0 Å². The first-order valence-electron chi connectivity index (χ1n) is 8.32. The van der Waals surface area contributed by atoms with Crippen LogP contribution in [0.15, 0.2) is 36.5 Å². The van der Waals surface area contributed by atoms with Crippen molar-refractivity contribution >= 4 is 23.6 Å². The van der Waals surface area contributed by atoms with Gasteiger partial charge in [0.25, 0.3) is 0 Å². The van der Waals surface area contributed by atoms with Crippen LogP contribution in [0.2, 0.25) is 5.02 Å². The van der Waals surface area contributed by atoms with E-state index in [1.54, 1.807) is 28.6 Å². The number of hydrogen-bond donors (Lipinski definition) is 2. The molecule has 2 heterocycles. The average Bonchev–Trinajstić information content (AvgIpc) is 3.20. The second kappa shape index (κ2) is 6.99. The highest BCUT2D eigenvalue weighted by molar-refractivity contribution is 6.30. The van der Waals surface area contributed by atoms with Crippen LogP contribution >= 0.6 is 11.6 Å². The average molecular weight is 377 g/mol. The standard InChI is InChI=1S/C18H21ClN4O3/c1-18(16(24)25)8-10-23(11-18)17(26)20-15(14-7-9-22(2)21-14)12-3-5-13(19)6-4-12/h3-7,9,15H,8,10-11H2,1-2H3,(H,20,26)(H,24,25). The minimum Gasteiger partial charge on any atom is -0.481 e. The molecule has 2 unspecified atom stereocenters. The molecular weight excluding hydrogens is 356 g/mol. The van der Waals surface area contributed by atoms with Crippen molar-refractivity contribution in [3.05, 3.63) is 52.8 Å². The Kier molecular flexibility index (Phi) is 4.91. The van der Waals surface area contributed by atoms with Crippen LogP contribution in [0.4, 0.5) is 4.79 Å². The van der Waals surface area contributed by atoms with Gasteiger partial charge in [-0.25, -0.2) is 4.79 Å². The van der Waals surface area contributed by atoms with Crippen molar-refractivity contribution in [1.82, 2.24) is 20.0 Å². The Bertz CT molecular complexity index is 820. The van der Waals surface area contributed by atoms with Crippen LogP contribution in [0, 0.1) is 5.41 Å². The lowest BCUT2D eigenvalue weighted by Crippen LogP contribution is -2.42. The molecule has 2 atom stereocenters. The van der Waals surface area contributed by atoms with Gasteiger partial charge < -0.3 is 15.3 Å². The fourth-order valence-electron chi connectivity index (χ4n) is 3.09. The molecule has 8 heteroatoms. The van der Waals surface area contributed by atoms with E-state index in [9.17, 15) is 14.7 Å². The van der Waals surface area contributed by atoms with Crippen molar-refractivity contribution in [3.8, 4) is 0 Å². The quantitative estimate of drug-likeness (QED) is 0.858. The number of likely N-dealkylation sites (tertiary alicyclic amines) is 1. The zero-order valence-corrected chi connectivity index (χ0v) is 15.4. The van der Waals surface area contributed by atoms with E-state index in [1.807, 2.05) is 31.4 Å². The second-order valence-corrected chi connectivity index (χ2v) is 7.32. The highest BCUT2D eigenvalue weighted by Gasteiger charge is 2.42. The van der Waals surface area contributed by atoms with Gasteiger partial charge >= 0.3 is 12.0 Å². The highest BCUT2D eigenvalue weighted by atomic mass is 35.5. The SMILES string of the molecule is Cn1ccc(C(NC(=O)N2CCC(C)(C(=O)O)C2)c2ccc(Cl)cc2)n1. The van der Waals surface area contributed by atoms with Crippen molar-refractivity contribution < 1.29 is 14.7 Å². The number of amides is 2. The number of nitrogens with zero attached hydrogens (tertiary/aromatic N) is 3. The smallest absolute Gasteiger partial charge is 0.318 e. The van der Waals surface area contributed by atoms with Crippen LogP contribution in [0.5, 0.6) is 0 Å². The molecule has 1 aromatic heterocycles. The number of carboxylic acid groups (broad SMARTS) is 1. The molecule has 2 aromatic rings. The number of urea groups is 1. The topological polar surface area (TPSA) is 87.5 Å². The van der Waals surface area contributed by atoms with Crippen LogP contribution in [0.3, 0.4) is 0 Å². The Morgan fingerprint density at radius 1 is 1.31 bits per heavy atom. The molecule has 0 bridgehead atoms. The summed E-state index contributed by atoms with van der Waals surface area (Å²) < 4.78 is 1.67. The summed E-state index contributed by atoms with van der Waals surface area (Å²) in [5.41, 5.74) is 0.642. The van der Waals surface area contributed by atoms with Gasteiger partial charge in [0.2, 0.25) is 0 Å². The maximum atomic E-state index is 12.7. The maximum Gasteiger partial charge on any atom is 0.318 e. The molecule has 0 saturated carbocycles. The van der Waals surface area contributed by atoms with E-state index in [4.69, 9.17) is 11.6 Å².